The van der Waals surface area contributed by atoms with Crippen molar-refractivity contribution in [1.29, 1.82) is 0 Å². The van der Waals surface area contributed by atoms with Crippen molar-refractivity contribution in [3.8, 4) is 0 Å². The van der Waals surface area contributed by atoms with Crippen molar-refractivity contribution in [2.24, 2.45) is 5.92 Å². The van der Waals surface area contributed by atoms with Crippen LogP contribution in [0.2, 0.25) is 5.02 Å². The molecule has 0 radical (unpaired) electrons. The summed E-state index contributed by atoms with van der Waals surface area (Å²) in [6.45, 7) is 2.14. The van der Waals surface area contributed by atoms with Gasteiger partial charge in [0.15, 0.2) is 0 Å². The Labute approximate surface area is 118 Å². The molecule has 0 bridgehead atoms. The van der Waals surface area contributed by atoms with E-state index in [4.69, 9.17) is 16.0 Å². The van der Waals surface area contributed by atoms with Gasteiger partial charge in [-0.2, -0.15) is 0 Å². The van der Waals surface area contributed by atoms with Crippen molar-refractivity contribution in [3.05, 3.63) is 35.0 Å². The zero-order valence-corrected chi connectivity index (χ0v) is 11.9. The molecule has 102 valence electrons. The number of rotatable bonds is 2. The summed E-state index contributed by atoms with van der Waals surface area (Å²) in [6, 6.07) is 7.53. The minimum atomic E-state index is -0.807. The van der Waals surface area contributed by atoms with Gasteiger partial charge in [0, 0.05) is 10.4 Å². The summed E-state index contributed by atoms with van der Waals surface area (Å²) < 4.78 is 5.89. The Bertz CT molecular complexity index is 589. The van der Waals surface area contributed by atoms with E-state index in [1.807, 2.05) is 24.3 Å². The maximum Gasteiger partial charge on any atom is 0.137 e. The maximum atomic E-state index is 11.0. The van der Waals surface area contributed by atoms with Gasteiger partial charge < -0.3 is 9.52 Å². The summed E-state index contributed by atoms with van der Waals surface area (Å²) in [7, 11) is 0. The number of fused-ring (bicyclic) bond motifs is 1. The molecule has 3 rings (SSSR count). The fourth-order valence-corrected chi connectivity index (χ4v) is 3.50. The van der Waals surface area contributed by atoms with Crippen LogP contribution in [0.1, 0.15) is 44.8 Å². The Morgan fingerprint density at radius 1 is 1.37 bits per heavy atom. The topological polar surface area (TPSA) is 33.4 Å². The van der Waals surface area contributed by atoms with Crippen LogP contribution in [-0.2, 0) is 5.60 Å². The van der Waals surface area contributed by atoms with Crippen LogP contribution in [0.25, 0.3) is 11.0 Å². The Kier molecular flexibility index (Phi) is 3.32. The lowest BCUT2D eigenvalue weighted by molar-refractivity contribution is -0.0709. The molecule has 19 heavy (non-hydrogen) atoms. The van der Waals surface area contributed by atoms with Gasteiger partial charge in [0.2, 0.25) is 0 Å². The van der Waals surface area contributed by atoms with Gasteiger partial charge in [-0.3, -0.25) is 0 Å². The van der Waals surface area contributed by atoms with Crippen molar-refractivity contribution < 1.29 is 9.52 Å². The first-order valence-electron chi connectivity index (χ1n) is 7.05. The zero-order valence-electron chi connectivity index (χ0n) is 11.2. The third-order valence-corrected chi connectivity index (χ3v) is 4.67. The van der Waals surface area contributed by atoms with E-state index < -0.39 is 5.60 Å². The van der Waals surface area contributed by atoms with Gasteiger partial charge in [0.05, 0.1) is 0 Å². The first-order valence-corrected chi connectivity index (χ1v) is 7.43. The van der Waals surface area contributed by atoms with Crippen molar-refractivity contribution in [3.63, 3.8) is 0 Å². The van der Waals surface area contributed by atoms with E-state index in [2.05, 4.69) is 6.92 Å². The molecule has 2 atom stereocenters. The quantitative estimate of drug-likeness (QED) is 0.850. The van der Waals surface area contributed by atoms with Gasteiger partial charge in [-0.25, -0.2) is 0 Å². The van der Waals surface area contributed by atoms with Gasteiger partial charge in [0.1, 0.15) is 16.9 Å². The highest BCUT2D eigenvalue weighted by Crippen LogP contribution is 2.44. The molecule has 1 aliphatic rings. The molecule has 2 nitrogen and oxygen atoms in total. The van der Waals surface area contributed by atoms with Crippen molar-refractivity contribution in [1.82, 2.24) is 0 Å². The molecule has 0 aliphatic heterocycles. The van der Waals surface area contributed by atoms with Crippen LogP contribution in [-0.4, -0.2) is 5.11 Å². The molecule has 1 saturated carbocycles. The number of hydrogen-bond acceptors (Lipinski definition) is 2. The van der Waals surface area contributed by atoms with Crippen LogP contribution in [0.15, 0.2) is 28.7 Å². The second-order valence-corrected chi connectivity index (χ2v) is 6.00. The summed E-state index contributed by atoms with van der Waals surface area (Å²) in [4.78, 5) is 0. The summed E-state index contributed by atoms with van der Waals surface area (Å²) in [5.41, 5.74) is -0.00774. The molecule has 0 amide bonds. The zero-order chi connectivity index (χ0) is 13.5. The number of hydrogen-bond donors (Lipinski definition) is 1. The summed E-state index contributed by atoms with van der Waals surface area (Å²) in [5.74, 6) is 0.994. The fourth-order valence-electron chi connectivity index (χ4n) is 3.32. The average molecular weight is 279 g/mol. The number of furan rings is 1. The highest BCUT2D eigenvalue weighted by atomic mass is 35.5. The minimum Gasteiger partial charge on any atom is -0.458 e. The Hall–Kier alpha value is -0.990. The molecule has 1 N–H and O–H groups in total. The molecule has 1 fully saturated rings. The van der Waals surface area contributed by atoms with E-state index in [0.29, 0.717) is 10.8 Å². The third kappa shape index (κ3) is 2.17. The Morgan fingerprint density at radius 3 is 3.00 bits per heavy atom. The van der Waals surface area contributed by atoms with Crippen LogP contribution >= 0.6 is 11.6 Å². The Balaban J connectivity index is 2.06. The van der Waals surface area contributed by atoms with Crippen LogP contribution in [0.3, 0.4) is 0 Å². The molecule has 2 aromatic rings. The van der Waals surface area contributed by atoms with Gasteiger partial charge in [-0.1, -0.05) is 37.8 Å². The van der Waals surface area contributed by atoms with Gasteiger partial charge >= 0.3 is 0 Å². The second-order valence-electron chi connectivity index (χ2n) is 5.57. The molecule has 1 aliphatic carbocycles. The molecular weight excluding hydrogens is 260 g/mol. The molecule has 2 unspecified atom stereocenters. The van der Waals surface area contributed by atoms with Gasteiger partial charge in [0.25, 0.3) is 0 Å². The third-order valence-electron chi connectivity index (χ3n) is 4.43. The molecular formula is C16H19ClO2. The Morgan fingerprint density at radius 2 is 2.21 bits per heavy atom. The average Bonchev–Trinajstić information content (AvgIpc) is 2.83. The van der Waals surface area contributed by atoms with Crippen LogP contribution in [0.4, 0.5) is 0 Å². The summed E-state index contributed by atoms with van der Waals surface area (Å²) >= 11 is 6.00. The van der Waals surface area contributed by atoms with Crippen molar-refractivity contribution in [2.45, 2.75) is 44.6 Å². The highest BCUT2D eigenvalue weighted by molar-refractivity contribution is 6.31. The smallest absolute Gasteiger partial charge is 0.137 e. The minimum absolute atomic E-state index is 0.289. The van der Waals surface area contributed by atoms with Crippen molar-refractivity contribution in [2.75, 3.05) is 0 Å². The number of benzene rings is 1. The van der Waals surface area contributed by atoms with E-state index in [1.165, 1.54) is 6.42 Å². The van der Waals surface area contributed by atoms with E-state index in [9.17, 15) is 5.11 Å². The molecule has 0 saturated heterocycles. The lowest BCUT2D eigenvalue weighted by Crippen LogP contribution is -2.37. The normalized spacial score (nSPS) is 27.8. The SMILES string of the molecule is CCC1CCCCC1(O)c1cc2cc(Cl)ccc2o1. The first kappa shape index (κ1) is 13.0. The fraction of sp³-hybridized carbons (Fsp3) is 0.500. The monoisotopic (exact) mass is 278 g/mol. The largest absolute Gasteiger partial charge is 0.458 e. The molecule has 0 spiro atoms. The van der Waals surface area contributed by atoms with E-state index in [0.717, 1.165) is 36.7 Å². The van der Waals surface area contributed by atoms with Gasteiger partial charge in [-0.15, -0.1) is 0 Å². The summed E-state index contributed by atoms with van der Waals surface area (Å²) in [5, 5.41) is 12.7. The van der Waals surface area contributed by atoms with Crippen LogP contribution in [0.5, 0.6) is 0 Å². The predicted molar refractivity (Wildman–Crippen MR) is 77.4 cm³/mol. The molecule has 1 aromatic carbocycles. The highest BCUT2D eigenvalue weighted by Gasteiger charge is 2.42. The lowest BCUT2D eigenvalue weighted by Gasteiger charge is -2.38. The second kappa shape index (κ2) is 4.84. The van der Waals surface area contributed by atoms with E-state index in [-0.39, 0.29) is 5.92 Å². The standard InChI is InChI=1S/C16H19ClO2/c1-2-12-5-3-4-8-16(12,18)15-10-11-9-13(17)6-7-14(11)19-15/h6-7,9-10,12,18H,2-5,8H2,1H3. The maximum absolute atomic E-state index is 11.0. The summed E-state index contributed by atoms with van der Waals surface area (Å²) in [6.07, 6.45) is 5.11. The van der Waals surface area contributed by atoms with Crippen LogP contribution < -0.4 is 0 Å². The predicted octanol–water partition coefficient (Wildman–Crippen LogP) is 4.87. The van der Waals surface area contributed by atoms with E-state index >= 15 is 0 Å². The van der Waals surface area contributed by atoms with Gasteiger partial charge in [-0.05, 0) is 43.0 Å². The first-order chi connectivity index (χ1) is 9.13. The van der Waals surface area contributed by atoms with Crippen molar-refractivity contribution >= 4 is 22.6 Å². The van der Waals surface area contributed by atoms with Crippen LogP contribution in [0, 0.1) is 5.92 Å². The number of aliphatic hydroxyl groups is 1. The van der Waals surface area contributed by atoms with E-state index in [1.54, 1.807) is 0 Å². The molecule has 1 heterocycles. The molecule has 1 aromatic heterocycles. The number of halogens is 1. The lowest BCUT2D eigenvalue weighted by atomic mass is 9.73. The molecule has 3 heteroatoms.